The van der Waals surface area contributed by atoms with Gasteiger partial charge in [-0.25, -0.2) is 5.43 Å². The summed E-state index contributed by atoms with van der Waals surface area (Å²) in [5.74, 6) is 0.768. The molecule has 0 unspecified atom stereocenters. The van der Waals surface area contributed by atoms with Gasteiger partial charge < -0.3 is 9.80 Å². The largest absolute Gasteiger partial charge is 0.364 e. The molecule has 0 saturated heterocycles. The van der Waals surface area contributed by atoms with Crippen LogP contribution in [0.3, 0.4) is 0 Å². The van der Waals surface area contributed by atoms with E-state index in [1.54, 1.807) is 18.3 Å². The Hall–Kier alpha value is -2.30. The number of carbonyl (C=O) groups is 1. The van der Waals surface area contributed by atoms with Crippen molar-refractivity contribution in [2.45, 2.75) is 6.92 Å². The lowest BCUT2D eigenvalue weighted by atomic mass is 10.1. The summed E-state index contributed by atoms with van der Waals surface area (Å²) in [4.78, 5) is 15.7. The maximum atomic E-state index is 11.8. The molecular weight excluding hydrogens is 252 g/mol. The normalized spacial score (nSPS) is 10.2. The molecule has 5 nitrogen and oxygen atoms in total. The number of rotatable bonds is 5. The molecule has 1 N–H and O–H groups in total. The molecule has 108 valence electrons. The van der Waals surface area contributed by atoms with Crippen molar-refractivity contribution in [3.8, 4) is 0 Å². The Morgan fingerprint density at radius 1 is 1.10 bits per heavy atom. The van der Waals surface area contributed by atoms with Gasteiger partial charge in [-0.3, -0.25) is 4.79 Å². The predicted molar refractivity (Wildman–Crippen MR) is 82.6 cm³/mol. The molecule has 5 heteroatoms. The highest BCUT2D eigenvalue weighted by Gasteiger charge is 2.03. The maximum absolute atomic E-state index is 11.8. The van der Waals surface area contributed by atoms with Crippen molar-refractivity contribution < 1.29 is 4.79 Å². The maximum Gasteiger partial charge on any atom is 0.271 e. The number of hydrogen-bond acceptors (Lipinski definition) is 4. The van der Waals surface area contributed by atoms with Gasteiger partial charge in [0.1, 0.15) is 5.82 Å². The SMILES string of the molecule is Cc1ccc(C(=O)N/N=C/C=C(N(C)C)N(C)C)cc1. The van der Waals surface area contributed by atoms with Crippen molar-refractivity contribution in [2.75, 3.05) is 28.2 Å². The molecule has 1 amide bonds. The van der Waals surface area contributed by atoms with Crippen LogP contribution in [0.4, 0.5) is 0 Å². The zero-order valence-electron chi connectivity index (χ0n) is 12.7. The summed E-state index contributed by atoms with van der Waals surface area (Å²) in [5, 5.41) is 3.92. The molecule has 0 aliphatic rings. The smallest absolute Gasteiger partial charge is 0.271 e. The number of hydrazone groups is 1. The van der Waals surface area contributed by atoms with Crippen molar-refractivity contribution in [1.29, 1.82) is 0 Å². The number of benzene rings is 1. The van der Waals surface area contributed by atoms with Gasteiger partial charge in [0.15, 0.2) is 0 Å². The fraction of sp³-hybridized carbons (Fsp3) is 0.333. The quantitative estimate of drug-likeness (QED) is 0.656. The van der Waals surface area contributed by atoms with E-state index in [-0.39, 0.29) is 5.91 Å². The van der Waals surface area contributed by atoms with E-state index in [0.29, 0.717) is 5.56 Å². The molecule has 1 aromatic carbocycles. The van der Waals surface area contributed by atoms with Gasteiger partial charge in [0.2, 0.25) is 0 Å². The molecule has 0 atom stereocenters. The molecule has 0 aliphatic carbocycles. The zero-order chi connectivity index (χ0) is 15.1. The van der Waals surface area contributed by atoms with Crippen LogP contribution in [0.1, 0.15) is 15.9 Å². The fourth-order valence-corrected chi connectivity index (χ4v) is 1.67. The van der Waals surface area contributed by atoms with Crippen LogP contribution in [0.25, 0.3) is 0 Å². The summed E-state index contributed by atoms with van der Waals surface area (Å²) in [6, 6.07) is 7.35. The van der Waals surface area contributed by atoms with Gasteiger partial charge >= 0.3 is 0 Å². The minimum absolute atomic E-state index is 0.217. The van der Waals surface area contributed by atoms with E-state index in [1.807, 2.05) is 63.1 Å². The number of nitrogens with zero attached hydrogens (tertiary/aromatic N) is 3. The third-order valence-corrected chi connectivity index (χ3v) is 2.69. The summed E-state index contributed by atoms with van der Waals surface area (Å²) in [7, 11) is 7.80. The molecule has 0 heterocycles. The fourth-order valence-electron chi connectivity index (χ4n) is 1.67. The van der Waals surface area contributed by atoms with Gasteiger partial charge in [-0.1, -0.05) is 17.7 Å². The van der Waals surface area contributed by atoms with Crippen LogP contribution in [0.2, 0.25) is 0 Å². The highest BCUT2D eigenvalue weighted by Crippen LogP contribution is 2.03. The van der Waals surface area contributed by atoms with Crippen molar-refractivity contribution in [3.05, 3.63) is 47.3 Å². The summed E-state index contributed by atoms with van der Waals surface area (Å²) in [5.41, 5.74) is 4.22. The Morgan fingerprint density at radius 3 is 2.15 bits per heavy atom. The van der Waals surface area contributed by atoms with Crippen molar-refractivity contribution in [3.63, 3.8) is 0 Å². The molecule has 0 aliphatic heterocycles. The molecule has 0 fully saturated rings. The minimum Gasteiger partial charge on any atom is -0.364 e. The highest BCUT2D eigenvalue weighted by molar-refractivity contribution is 5.94. The number of carbonyl (C=O) groups excluding carboxylic acids is 1. The molecule has 1 aromatic rings. The average molecular weight is 274 g/mol. The molecule has 0 saturated carbocycles. The topological polar surface area (TPSA) is 47.9 Å². The van der Waals surface area contributed by atoms with E-state index in [0.717, 1.165) is 11.4 Å². The first-order valence-corrected chi connectivity index (χ1v) is 6.37. The van der Waals surface area contributed by atoms with E-state index in [2.05, 4.69) is 10.5 Å². The monoisotopic (exact) mass is 274 g/mol. The summed E-state index contributed by atoms with van der Waals surface area (Å²) >= 11 is 0. The first-order valence-electron chi connectivity index (χ1n) is 6.37. The Morgan fingerprint density at radius 2 is 1.65 bits per heavy atom. The van der Waals surface area contributed by atoms with Gasteiger partial charge in [0.25, 0.3) is 5.91 Å². The Balaban J connectivity index is 2.62. The average Bonchev–Trinajstić information content (AvgIpc) is 2.38. The predicted octanol–water partition coefficient (Wildman–Crippen LogP) is 1.68. The van der Waals surface area contributed by atoms with Crippen LogP contribution in [0.5, 0.6) is 0 Å². The molecule has 0 aromatic heterocycles. The van der Waals surface area contributed by atoms with Crippen LogP contribution in [0, 0.1) is 6.92 Å². The van der Waals surface area contributed by atoms with Crippen LogP contribution in [-0.4, -0.2) is 50.1 Å². The lowest BCUT2D eigenvalue weighted by Gasteiger charge is -2.23. The van der Waals surface area contributed by atoms with Gasteiger partial charge in [0.05, 0.1) is 6.21 Å². The third-order valence-electron chi connectivity index (χ3n) is 2.69. The summed E-state index contributed by atoms with van der Waals surface area (Å²) in [6.45, 7) is 1.98. The van der Waals surface area contributed by atoms with Gasteiger partial charge in [-0.15, -0.1) is 0 Å². The Labute approximate surface area is 120 Å². The van der Waals surface area contributed by atoms with E-state index in [1.165, 1.54) is 0 Å². The van der Waals surface area contributed by atoms with Gasteiger partial charge in [-0.05, 0) is 25.1 Å². The van der Waals surface area contributed by atoms with Crippen LogP contribution in [-0.2, 0) is 0 Å². The summed E-state index contributed by atoms with van der Waals surface area (Å²) in [6.07, 6.45) is 3.40. The first-order chi connectivity index (χ1) is 9.41. The Kier molecular flexibility index (Phi) is 5.77. The molecule has 0 bridgehead atoms. The zero-order valence-corrected chi connectivity index (χ0v) is 12.7. The second-order valence-corrected chi connectivity index (χ2v) is 4.90. The van der Waals surface area contributed by atoms with Crippen LogP contribution >= 0.6 is 0 Å². The lowest BCUT2D eigenvalue weighted by molar-refractivity contribution is 0.0955. The molecule has 20 heavy (non-hydrogen) atoms. The number of amides is 1. The molecule has 0 radical (unpaired) electrons. The highest BCUT2D eigenvalue weighted by atomic mass is 16.2. The lowest BCUT2D eigenvalue weighted by Crippen LogP contribution is -2.24. The van der Waals surface area contributed by atoms with E-state index in [4.69, 9.17) is 0 Å². The molecular formula is C15H22N4O. The van der Waals surface area contributed by atoms with Crippen molar-refractivity contribution in [1.82, 2.24) is 15.2 Å². The number of allylic oxidation sites excluding steroid dienone is 1. The number of aryl methyl sites for hydroxylation is 1. The second kappa shape index (κ2) is 7.33. The van der Waals surface area contributed by atoms with E-state index in [9.17, 15) is 4.79 Å². The Bertz CT molecular complexity index is 491. The number of hydrogen-bond donors (Lipinski definition) is 1. The second-order valence-electron chi connectivity index (χ2n) is 4.90. The van der Waals surface area contributed by atoms with E-state index < -0.39 is 0 Å². The molecule has 0 spiro atoms. The van der Waals surface area contributed by atoms with Crippen LogP contribution in [0.15, 0.2) is 41.3 Å². The standard InChI is InChI=1S/C15H22N4O/c1-12-6-8-13(9-7-12)15(20)17-16-11-10-14(18(2)3)19(4)5/h6-11H,1-5H3,(H,17,20)/b16-11+. The third kappa shape index (κ3) is 4.76. The molecule has 1 rings (SSSR count). The van der Waals surface area contributed by atoms with Gasteiger partial charge in [-0.2, -0.15) is 5.10 Å². The number of nitrogens with one attached hydrogen (secondary N) is 1. The van der Waals surface area contributed by atoms with Gasteiger partial charge in [0, 0.05) is 33.8 Å². The summed E-state index contributed by atoms with van der Waals surface area (Å²) < 4.78 is 0. The first kappa shape index (κ1) is 15.8. The van der Waals surface area contributed by atoms with E-state index >= 15 is 0 Å². The minimum atomic E-state index is -0.217. The van der Waals surface area contributed by atoms with Crippen LogP contribution < -0.4 is 5.43 Å². The van der Waals surface area contributed by atoms with Crippen molar-refractivity contribution >= 4 is 12.1 Å². The van der Waals surface area contributed by atoms with Crippen molar-refractivity contribution in [2.24, 2.45) is 5.10 Å².